The second kappa shape index (κ2) is 3.15. The third-order valence-corrected chi connectivity index (χ3v) is 2.11. The van der Waals surface area contributed by atoms with Crippen LogP contribution in [0.5, 0.6) is 0 Å². The molecule has 0 aliphatic carbocycles. The van der Waals surface area contributed by atoms with Crippen molar-refractivity contribution >= 4 is 10.8 Å². The lowest BCUT2D eigenvalue weighted by molar-refractivity contribution is 0.283. The molecular weight excluding hydrogens is 167 g/mol. The largest absolute Gasteiger partial charge is 0.392 e. The van der Waals surface area contributed by atoms with Crippen molar-refractivity contribution in [2.75, 3.05) is 0 Å². The zero-order chi connectivity index (χ0) is 9.26. The number of fused-ring (bicyclic) bond motifs is 1. The zero-order valence-corrected chi connectivity index (χ0v) is 7.00. The van der Waals surface area contributed by atoms with Crippen LogP contribution in [-0.2, 0) is 6.61 Å². The molecule has 0 bridgehead atoms. The number of aliphatic hydroxyl groups excluding tert-OH is 1. The fourth-order valence-corrected chi connectivity index (χ4v) is 1.50. The highest BCUT2D eigenvalue weighted by molar-refractivity contribution is 5.86. The van der Waals surface area contributed by atoms with Crippen molar-refractivity contribution in [3.63, 3.8) is 0 Å². The zero-order valence-electron chi connectivity index (χ0n) is 7.00. The van der Waals surface area contributed by atoms with Crippen molar-refractivity contribution < 1.29 is 9.50 Å². The molecule has 0 aliphatic heterocycles. The molecule has 0 unspecified atom stereocenters. The number of halogens is 1. The minimum absolute atomic E-state index is 0.127. The van der Waals surface area contributed by atoms with Gasteiger partial charge in [0, 0.05) is 5.39 Å². The minimum Gasteiger partial charge on any atom is -0.392 e. The molecule has 1 N–H and O–H groups in total. The summed E-state index contributed by atoms with van der Waals surface area (Å²) < 4.78 is 13.3. The fraction of sp³-hybridized carbons (Fsp3) is 0.0909. The predicted molar refractivity (Wildman–Crippen MR) is 49.8 cm³/mol. The van der Waals surface area contributed by atoms with Gasteiger partial charge in [-0.25, -0.2) is 4.39 Å². The molecule has 0 saturated heterocycles. The van der Waals surface area contributed by atoms with Gasteiger partial charge in [0.05, 0.1) is 6.61 Å². The monoisotopic (exact) mass is 176 g/mol. The molecule has 0 radical (unpaired) electrons. The van der Waals surface area contributed by atoms with Gasteiger partial charge in [-0.2, -0.15) is 0 Å². The first-order valence-electron chi connectivity index (χ1n) is 4.10. The Labute approximate surface area is 75.4 Å². The fourth-order valence-electron chi connectivity index (χ4n) is 1.50. The Balaban J connectivity index is 2.87. The molecule has 66 valence electrons. The highest BCUT2D eigenvalue weighted by atomic mass is 19.1. The Morgan fingerprint density at radius 1 is 1.08 bits per heavy atom. The molecule has 1 nitrogen and oxygen atoms in total. The number of aliphatic hydroxyl groups is 1. The topological polar surface area (TPSA) is 20.2 Å². The average Bonchev–Trinajstić information content (AvgIpc) is 2.17. The molecule has 0 saturated carbocycles. The van der Waals surface area contributed by atoms with Crippen LogP contribution in [-0.4, -0.2) is 5.11 Å². The lowest BCUT2D eigenvalue weighted by Gasteiger charge is -2.03. The van der Waals surface area contributed by atoms with Crippen LogP contribution in [0, 0.1) is 5.82 Å². The summed E-state index contributed by atoms with van der Waals surface area (Å²) in [4.78, 5) is 0. The summed E-state index contributed by atoms with van der Waals surface area (Å²) in [5.41, 5.74) is 0.635. The van der Waals surface area contributed by atoms with E-state index in [0.717, 1.165) is 5.39 Å². The second-order valence-corrected chi connectivity index (χ2v) is 2.91. The summed E-state index contributed by atoms with van der Waals surface area (Å²) in [6.45, 7) is -0.127. The molecule has 2 heteroatoms. The van der Waals surface area contributed by atoms with E-state index in [-0.39, 0.29) is 12.4 Å². The summed E-state index contributed by atoms with van der Waals surface area (Å²) in [5.74, 6) is -0.276. The van der Waals surface area contributed by atoms with Crippen LogP contribution in [0.25, 0.3) is 10.8 Å². The maximum atomic E-state index is 13.3. The van der Waals surface area contributed by atoms with Gasteiger partial charge in [0.1, 0.15) is 5.82 Å². The Kier molecular flexibility index (Phi) is 1.99. The van der Waals surface area contributed by atoms with Crippen LogP contribution in [0.1, 0.15) is 5.56 Å². The summed E-state index contributed by atoms with van der Waals surface area (Å²) in [5, 5.41) is 10.3. The molecule has 13 heavy (non-hydrogen) atoms. The molecule has 2 aromatic carbocycles. The molecule has 2 aromatic rings. The molecule has 0 aliphatic rings. The number of hydrogen-bond acceptors (Lipinski definition) is 1. The smallest absolute Gasteiger partial charge is 0.131 e. The van der Waals surface area contributed by atoms with Gasteiger partial charge in [0.2, 0.25) is 0 Å². The normalized spacial score (nSPS) is 10.6. The molecular formula is C11H9FO. The lowest BCUT2D eigenvalue weighted by Crippen LogP contribution is -1.88. The quantitative estimate of drug-likeness (QED) is 0.707. The first kappa shape index (κ1) is 8.20. The van der Waals surface area contributed by atoms with E-state index in [1.54, 1.807) is 12.1 Å². The van der Waals surface area contributed by atoms with Gasteiger partial charge in [-0.15, -0.1) is 0 Å². The van der Waals surface area contributed by atoms with Crippen molar-refractivity contribution in [1.82, 2.24) is 0 Å². The summed E-state index contributed by atoms with van der Waals surface area (Å²) in [7, 11) is 0. The van der Waals surface area contributed by atoms with Gasteiger partial charge in [-0.05, 0) is 17.0 Å². The SMILES string of the molecule is OCc1cccc2cccc(F)c12. The van der Waals surface area contributed by atoms with Crippen molar-refractivity contribution in [3.8, 4) is 0 Å². The van der Waals surface area contributed by atoms with Gasteiger partial charge in [0.15, 0.2) is 0 Å². The first-order valence-corrected chi connectivity index (χ1v) is 4.10. The average molecular weight is 176 g/mol. The third kappa shape index (κ3) is 1.29. The maximum absolute atomic E-state index is 13.3. The van der Waals surface area contributed by atoms with Gasteiger partial charge in [-0.1, -0.05) is 30.3 Å². The lowest BCUT2D eigenvalue weighted by atomic mass is 10.0. The highest BCUT2D eigenvalue weighted by Gasteiger charge is 2.03. The van der Waals surface area contributed by atoms with E-state index >= 15 is 0 Å². The van der Waals surface area contributed by atoms with Crippen LogP contribution < -0.4 is 0 Å². The van der Waals surface area contributed by atoms with Crippen molar-refractivity contribution in [2.45, 2.75) is 6.61 Å². The van der Waals surface area contributed by atoms with Crippen LogP contribution in [0.4, 0.5) is 4.39 Å². The predicted octanol–water partition coefficient (Wildman–Crippen LogP) is 2.47. The molecule has 0 heterocycles. The Morgan fingerprint density at radius 2 is 1.77 bits per heavy atom. The summed E-state index contributed by atoms with van der Waals surface area (Å²) in [6.07, 6.45) is 0. The number of rotatable bonds is 1. The van der Waals surface area contributed by atoms with E-state index in [2.05, 4.69) is 0 Å². The standard InChI is InChI=1S/C11H9FO/c12-10-6-2-4-8-3-1-5-9(7-13)11(8)10/h1-6,13H,7H2. The van der Waals surface area contributed by atoms with Crippen molar-refractivity contribution in [3.05, 3.63) is 47.8 Å². The van der Waals surface area contributed by atoms with E-state index < -0.39 is 0 Å². The molecule has 2 rings (SSSR count). The summed E-state index contributed by atoms with van der Waals surface area (Å²) >= 11 is 0. The highest BCUT2D eigenvalue weighted by Crippen LogP contribution is 2.21. The maximum Gasteiger partial charge on any atom is 0.131 e. The third-order valence-electron chi connectivity index (χ3n) is 2.11. The molecule has 0 atom stereocenters. The van der Waals surface area contributed by atoms with E-state index in [9.17, 15) is 4.39 Å². The van der Waals surface area contributed by atoms with Crippen LogP contribution in [0.15, 0.2) is 36.4 Å². The van der Waals surface area contributed by atoms with Gasteiger partial charge >= 0.3 is 0 Å². The molecule has 0 spiro atoms. The first-order chi connectivity index (χ1) is 6.33. The van der Waals surface area contributed by atoms with E-state index in [0.29, 0.717) is 10.9 Å². The molecule has 0 aromatic heterocycles. The number of benzene rings is 2. The molecule has 0 amide bonds. The Morgan fingerprint density at radius 3 is 2.46 bits per heavy atom. The second-order valence-electron chi connectivity index (χ2n) is 2.91. The van der Waals surface area contributed by atoms with Crippen molar-refractivity contribution in [2.24, 2.45) is 0 Å². The van der Waals surface area contributed by atoms with Crippen LogP contribution in [0.2, 0.25) is 0 Å². The summed E-state index contributed by atoms with van der Waals surface area (Å²) in [6, 6.07) is 10.3. The molecule has 0 fully saturated rings. The van der Waals surface area contributed by atoms with E-state index in [4.69, 9.17) is 5.11 Å². The minimum atomic E-state index is -0.276. The van der Waals surface area contributed by atoms with Crippen LogP contribution >= 0.6 is 0 Å². The van der Waals surface area contributed by atoms with Crippen molar-refractivity contribution in [1.29, 1.82) is 0 Å². The van der Waals surface area contributed by atoms with Gasteiger partial charge < -0.3 is 5.11 Å². The van der Waals surface area contributed by atoms with Gasteiger partial charge in [0.25, 0.3) is 0 Å². The van der Waals surface area contributed by atoms with Gasteiger partial charge in [-0.3, -0.25) is 0 Å². The Bertz CT molecular complexity index is 432. The van der Waals surface area contributed by atoms with E-state index in [1.165, 1.54) is 6.07 Å². The number of hydrogen-bond donors (Lipinski definition) is 1. The Hall–Kier alpha value is -1.41. The van der Waals surface area contributed by atoms with Crippen LogP contribution in [0.3, 0.4) is 0 Å². The van der Waals surface area contributed by atoms with E-state index in [1.807, 2.05) is 18.2 Å².